The van der Waals surface area contributed by atoms with Crippen molar-refractivity contribution >= 4 is 5.97 Å². The van der Waals surface area contributed by atoms with Crippen molar-refractivity contribution in [2.24, 2.45) is 0 Å². The van der Waals surface area contributed by atoms with E-state index in [0.717, 1.165) is 18.5 Å². The molecule has 1 aliphatic rings. The molecule has 1 aliphatic heterocycles. The first-order valence-corrected chi connectivity index (χ1v) is 4.48. The topological polar surface area (TPSA) is 69.6 Å². The molecule has 0 radical (unpaired) electrons. The van der Waals surface area contributed by atoms with Crippen LogP contribution >= 0.6 is 0 Å². The number of carboxylic acids is 1. The summed E-state index contributed by atoms with van der Waals surface area (Å²) in [4.78, 5) is 10.7. The molecule has 0 aromatic heterocycles. The highest BCUT2D eigenvalue weighted by Crippen LogP contribution is 2.27. The highest BCUT2D eigenvalue weighted by molar-refractivity contribution is 5.90. The van der Waals surface area contributed by atoms with Gasteiger partial charge in [-0.25, -0.2) is 4.79 Å². The lowest BCUT2D eigenvalue weighted by molar-refractivity contribution is 0.0693. The highest BCUT2D eigenvalue weighted by Gasteiger charge is 2.20. The molecule has 3 N–H and O–H groups in total. The molecule has 1 atom stereocenters. The average Bonchev–Trinajstić information content (AvgIpc) is 2.04. The summed E-state index contributed by atoms with van der Waals surface area (Å²) >= 11 is 0. The van der Waals surface area contributed by atoms with Crippen LogP contribution in [-0.2, 0) is 0 Å². The second-order valence-corrected chi connectivity index (χ2v) is 3.38. The zero-order valence-electron chi connectivity index (χ0n) is 7.53. The van der Waals surface area contributed by atoms with Gasteiger partial charge in [0.1, 0.15) is 11.3 Å². The summed E-state index contributed by atoms with van der Waals surface area (Å²) in [6.45, 7) is 0.966. The van der Waals surface area contributed by atoms with Gasteiger partial charge in [0.05, 0.1) is 0 Å². The van der Waals surface area contributed by atoms with Gasteiger partial charge in [-0.2, -0.15) is 0 Å². The third kappa shape index (κ3) is 1.44. The van der Waals surface area contributed by atoms with Crippen LogP contribution in [0.5, 0.6) is 5.75 Å². The first-order valence-electron chi connectivity index (χ1n) is 4.48. The van der Waals surface area contributed by atoms with Crippen molar-refractivity contribution in [3.8, 4) is 5.75 Å². The van der Waals surface area contributed by atoms with Crippen LogP contribution in [0.25, 0.3) is 0 Å². The van der Waals surface area contributed by atoms with E-state index < -0.39 is 5.97 Å². The van der Waals surface area contributed by atoms with Gasteiger partial charge in [-0.15, -0.1) is 0 Å². The summed E-state index contributed by atoms with van der Waals surface area (Å²) in [5.74, 6) is -1.27. The van der Waals surface area contributed by atoms with E-state index in [2.05, 4.69) is 5.32 Å². The summed E-state index contributed by atoms with van der Waals surface area (Å²) in [5.41, 5.74) is 0.891. The van der Waals surface area contributed by atoms with Crippen molar-refractivity contribution in [3.63, 3.8) is 0 Å². The Morgan fingerprint density at radius 2 is 2.21 bits per heavy atom. The van der Waals surface area contributed by atoms with Crippen LogP contribution in [0.1, 0.15) is 28.4 Å². The molecule has 1 aromatic rings. The van der Waals surface area contributed by atoms with Crippen LogP contribution in [0.4, 0.5) is 0 Å². The summed E-state index contributed by atoms with van der Waals surface area (Å²) in [7, 11) is 0. The average molecular weight is 193 g/mol. The van der Waals surface area contributed by atoms with Crippen LogP contribution in [0.2, 0.25) is 0 Å². The summed E-state index contributed by atoms with van der Waals surface area (Å²) in [6.07, 6.45) is 1.02. The van der Waals surface area contributed by atoms with Gasteiger partial charge in [-0.1, -0.05) is 6.07 Å². The van der Waals surface area contributed by atoms with Gasteiger partial charge in [0.2, 0.25) is 0 Å². The van der Waals surface area contributed by atoms with Crippen LogP contribution in [-0.4, -0.2) is 22.7 Å². The van der Waals surface area contributed by atoms with Gasteiger partial charge < -0.3 is 15.5 Å². The maximum absolute atomic E-state index is 10.7. The second-order valence-electron chi connectivity index (χ2n) is 3.38. The molecule has 0 aliphatic carbocycles. The molecule has 0 amide bonds. The summed E-state index contributed by atoms with van der Waals surface area (Å²) in [6, 6.07) is 4.94. The van der Waals surface area contributed by atoms with Gasteiger partial charge in [0.15, 0.2) is 0 Å². The van der Waals surface area contributed by atoms with Crippen LogP contribution in [0.3, 0.4) is 0 Å². The molecule has 1 heterocycles. The van der Waals surface area contributed by atoms with E-state index >= 15 is 0 Å². The Labute approximate surface area is 81.2 Å². The van der Waals surface area contributed by atoms with Gasteiger partial charge >= 0.3 is 5.97 Å². The molecule has 0 bridgehead atoms. The largest absolute Gasteiger partial charge is 0.507 e. The predicted octanol–water partition coefficient (Wildman–Crippen LogP) is 1.12. The standard InChI is InChI=1S/C10H11NO3/c12-9-2-1-6(8-3-4-11-8)5-7(9)10(13)14/h1-2,5,8,11-12H,3-4H2,(H,13,14)/t8-/m1/s1. The Morgan fingerprint density at radius 3 is 2.71 bits per heavy atom. The summed E-state index contributed by atoms with van der Waals surface area (Å²) in [5, 5.41) is 21.2. The van der Waals surface area contributed by atoms with Gasteiger partial charge in [-0.3, -0.25) is 0 Å². The minimum atomic E-state index is -1.09. The number of phenols is 1. The third-order valence-electron chi connectivity index (χ3n) is 2.48. The number of carbonyl (C=O) groups is 1. The maximum Gasteiger partial charge on any atom is 0.339 e. The van der Waals surface area contributed by atoms with E-state index in [9.17, 15) is 9.90 Å². The van der Waals surface area contributed by atoms with Gasteiger partial charge in [0, 0.05) is 6.04 Å². The summed E-state index contributed by atoms with van der Waals surface area (Å²) < 4.78 is 0. The minimum absolute atomic E-state index is 0.0313. The molecule has 4 heteroatoms. The van der Waals surface area contributed by atoms with Crippen LogP contribution < -0.4 is 5.32 Å². The number of aromatic carboxylic acids is 1. The predicted molar refractivity (Wildman–Crippen MR) is 50.4 cm³/mol. The Bertz CT molecular complexity index is 372. The monoisotopic (exact) mass is 193 g/mol. The molecular weight excluding hydrogens is 182 g/mol. The Hall–Kier alpha value is -1.55. The van der Waals surface area contributed by atoms with E-state index in [-0.39, 0.29) is 17.4 Å². The lowest BCUT2D eigenvalue weighted by Gasteiger charge is -2.28. The first-order chi connectivity index (χ1) is 6.68. The lowest BCUT2D eigenvalue weighted by atomic mass is 9.96. The molecular formula is C10H11NO3. The molecule has 0 unspecified atom stereocenters. The van der Waals surface area contributed by atoms with Crippen LogP contribution in [0, 0.1) is 0 Å². The number of aromatic hydroxyl groups is 1. The SMILES string of the molecule is O=C(O)c1cc([C@H]2CCN2)ccc1O. The fourth-order valence-corrected chi connectivity index (χ4v) is 1.51. The molecule has 14 heavy (non-hydrogen) atoms. The molecule has 1 fully saturated rings. The molecule has 0 saturated carbocycles. The van der Waals surface area contributed by atoms with Gasteiger partial charge in [0.25, 0.3) is 0 Å². The fraction of sp³-hybridized carbons (Fsp3) is 0.300. The van der Waals surface area contributed by atoms with Crippen molar-refractivity contribution in [3.05, 3.63) is 29.3 Å². The molecule has 1 aromatic carbocycles. The van der Waals surface area contributed by atoms with E-state index in [1.807, 2.05) is 0 Å². The number of nitrogens with one attached hydrogen (secondary N) is 1. The van der Waals surface area contributed by atoms with Crippen molar-refractivity contribution in [1.82, 2.24) is 5.32 Å². The van der Waals surface area contributed by atoms with Crippen molar-refractivity contribution in [1.29, 1.82) is 0 Å². The van der Waals surface area contributed by atoms with Crippen molar-refractivity contribution < 1.29 is 15.0 Å². The fourth-order valence-electron chi connectivity index (χ4n) is 1.51. The zero-order valence-corrected chi connectivity index (χ0v) is 7.53. The van der Waals surface area contributed by atoms with E-state index in [4.69, 9.17) is 5.11 Å². The Morgan fingerprint density at radius 1 is 1.50 bits per heavy atom. The van der Waals surface area contributed by atoms with E-state index in [0.29, 0.717) is 0 Å². The normalized spacial score (nSPS) is 20.1. The van der Waals surface area contributed by atoms with Crippen molar-refractivity contribution in [2.75, 3.05) is 6.54 Å². The van der Waals surface area contributed by atoms with E-state index in [1.54, 1.807) is 6.07 Å². The number of hydrogen-bond donors (Lipinski definition) is 3. The lowest BCUT2D eigenvalue weighted by Crippen LogP contribution is -2.34. The Kier molecular flexibility index (Phi) is 2.13. The smallest absolute Gasteiger partial charge is 0.339 e. The number of benzene rings is 1. The van der Waals surface area contributed by atoms with Crippen LogP contribution in [0.15, 0.2) is 18.2 Å². The third-order valence-corrected chi connectivity index (χ3v) is 2.48. The Balaban J connectivity index is 2.34. The molecule has 0 spiro atoms. The number of hydrogen-bond acceptors (Lipinski definition) is 3. The van der Waals surface area contributed by atoms with Gasteiger partial charge in [-0.05, 0) is 30.7 Å². The van der Waals surface area contributed by atoms with Crippen molar-refractivity contribution in [2.45, 2.75) is 12.5 Å². The number of carboxylic acid groups (broad SMARTS) is 1. The molecule has 4 nitrogen and oxygen atoms in total. The molecule has 74 valence electrons. The zero-order chi connectivity index (χ0) is 10.1. The quantitative estimate of drug-likeness (QED) is 0.658. The minimum Gasteiger partial charge on any atom is -0.507 e. The molecule has 2 rings (SSSR count). The second kappa shape index (κ2) is 3.31. The van der Waals surface area contributed by atoms with E-state index in [1.165, 1.54) is 12.1 Å². The molecule has 1 saturated heterocycles. The maximum atomic E-state index is 10.7. The first kappa shape index (κ1) is 9.02. The number of rotatable bonds is 2. The highest BCUT2D eigenvalue weighted by atomic mass is 16.4.